The Balaban J connectivity index is 2.11. The topological polar surface area (TPSA) is 25.8 Å². The molecule has 0 fully saturated rings. The van der Waals surface area contributed by atoms with E-state index in [0.717, 1.165) is 0 Å². The molecule has 0 aromatic carbocycles. The van der Waals surface area contributed by atoms with Crippen molar-refractivity contribution in [3.63, 3.8) is 0 Å². The molecule has 94 valence electrons. The molecule has 2 rings (SSSR count). The summed E-state index contributed by atoms with van der Waals surface area (Å²) < 4.78 is 2.55. The van der Waals surface area contributed by atoms with Crippen LogP contribution in [-0.2, 0) is 0 Å². The number of aryl methyl sites for hydroxylation is 4. The molecule has 0 saturated heterocycles. The summed E-state index contributed by atoms with van der Waals surface area (Å²) in [5, 5.41) is 0. The Morgan fingerprint density at radius 2 is 1.11 bits per heavy atom. The van der Waals surface area contributed by atoms with Crippen LogP contribution >= 0.6 is 0 Å². The van der Waals surface area contributed by atoms with E-state index in [9.17, 15) is 0 Å². The van der Waals surface area contributed by atoms with Gasteiger partial charge in [0, 0.05) is 0 Å². The average Bonchev–Trinajstić information content (AvgIpc) is 2.30. The van der Waals surface area contributed by atoms with Crippen LogP contribution in [0.15, 0.2) is 24.5 Å². The molecule has 0 unspecified atom stereocenters. The Morgan fingerprint density at radius 3 is 1.44 bits per heavy atom. The predicted octanol–water partition coefficient (Wildman–Crippen LogP) is 0.984. The van der Waals surface area contributed by atoms with Gasteiger partial charge in [-0.25, -0.2) is 0 Å². The molecule has 0 bridgehead atoms. The first-order valence-corrected chi connectivity index (χ1v) is 11.8. The maximum atomic E-state index is 4.56. The van der Waals surface area contributed by atoms with Crippen LogP contribution in [-0.4, -0.2) is 36.2 Å². The second-order valence-corrected chi connectivity index (χ2v) is 10.4. The molecular weight excluding hydrogens is 354 g/mol. The first kappa shape index (κ1) is 13.8. The Kier molecular flexibility index (Phi) is 4.58. The molecule has 0 radical (unpaired) electrons. The van der Waals surface area contributed by atoms with Gasteiger partial charge in [-0.05, 0) is 0 Å². The van der Waals surface area contributed by atoms with E-state index in [1.54, 1.807) is 0 Å². The molecule has 2 nitrogen and oxygen atoms in total. The minimum absolute atomic E-state index is 0.428. The number of aromatic nitrogens is 2. The molecule has 0 aliphatic rings. The standard InChI is InChI=1S/C14H16N2Se2/c1-9-5-11(3)13(15-7-9)17-18-14-12(4)6-10(2)8-16-14/h5-8H,1-4H3. The Labute approximate surface area is 120 Å². The van der Waals surface area contributed by atoms with Gasteiger partial charge >= 0.3 is 120 Å². The third-order valence-electron chi connectivity index (χ3n) is 2.53. The van der Waals surface area contributed by atoms with Crippen molar-refractivity contribution in [2.75, 3.05) is 0 Å². The van der Waals surface area contributed by atoms with Crippen LogP contribution in [0.2, 0.25) is 0 Å². The molecule has 0 aliphatic heterocycles. The fraction of sp³-hybridized carbons (Fsp3) is 0.286. The van der Waals surface area contributed by atoms with Crippen LogP contribution in [0.3, 0.4) is 0 Å². The molecule has 0 saturated carbocycles. The van der Waals surface area contributed by atoms with E-state index in [1.165, 1.54) is 31.4 Å². The molecule has 2 aromatic rings. The SMILES string of the molecule is Cc1cnc([Se][Se]c2ncc(C)cc2C)c(C)c1. The number of hydrogen-bond donors (Lipinski definition) is 0. The molecule has 0 N–H and O–H groups in total. The summed E-state index contributed by atoms with van der Waals surface area (Å²) in [6, 6.07) is 4.44. The summed E-state index contributed by atoms with van der Waals surface area (Å²) in [6.45, 7) is 8.49. The van der Waals surface area contributed by atoms with Gasteiger partial charge < -0.3 is 0 Å². The van der Waals surface area contributed by atoms with Crippen molar-refractivity contribution >= 4 is 35.4 Å². The second-order valence-electron chi connectivity index (χ2n) is 4.44. The molecule has 0 spiro atoms. The molecular formula is C14H16N2Se2. The quantitative estimate of drug-likeness (QED) is 0.754. The van der Waals surface area contributed by atoms with Gasteiger partial charge in [-0.2, -0.15) is 0 Å². The molecule has 0 aliphatic carbocycles. The van der Waals surface area contributed by atoms with Crippen molar-refractivity contribution in [2.45, 2.75) is 27.7 Å². The summed E-state index contributed by atoms with van der Waals surface area (Å²) in [5.74, 6) is 0. The van der Waals surface area contributed by atoms with E-state index in [4.69, 9.17) is 0 Å². The Morgan fingerprint density at radius 1 is 0.722 bits per heavy atom. The van der Waals surface area contributed by atoms with Gasteiger partial charge in [0.2, 0.25) is 0 Å². The van der Waals surface area contributed by atoms with Crippen molar-refractivity contribution in [1.29, 1.82) is 0 Å². The fourth-order valence-electron chi connectivity index (χ4n) is 1.66. The van der Waals surface area contributed by atoms with Crippen molar-refractivity contribution in [2.24, 2.45) is 0 Å². The molecule has 18 heavy (non-hydrogen) atoms. The van der Waals surface area contributed by atoms with Crippen LogP contribution in [0.25, 0.3) is 0 Å². The summed E-state index contributed by atoms with van der Waals surface area (Å²) in [4.78, 5) is 9.11. The normalized spacial score (nSPS) is 10.7. The van der Waals surface area contributed by atoms with E-state index in [2.05, 4.69) is 49.8 Å². The maximum absolute atomic E-state index is 4.56. The third-order valence-corrected chi connectivity index (χ3v) is 9.51. The van der Waals surface area contributed by atoms with Crippen molar-refractivity contribution in [3.8, 4) is 0 Å². The molecule has 2 heterocycles. The van der Waals surface area contributed by atoms with Crippen LogP contribution in [0.1, 0.15) is 22.3 Å². The first-order chi connectivity index (χ1) is 8.56. The average molecular weight is 370 g/mol. The van der Waals surface area contributed by atoms with Crippen molar-refractivity contribution in [3.05, 3.63) is 46.8 Å². The van der Waals surface area contributed by atoms with Crippen LogP contribution < -0.4 is 9.18 Å². The molecule has 4 heteroatoms. The Bertz CT molecular complexity index is 516. The molecule has 0 amide bonds. The van der Waals surface area contributed by atoms with E-state index in [1.807, 2.05) is 12.4 Å². The third kappa shape index (κ3) is 3.43. The summed E-state index contributed by atoms with van der Waals surface area (Å²) in [5.41, 5.74) is 5.12. The zero-order chi connectivity index (χ0) is 13.1. The van der Waals surface area contributed by atoms with E-state index < -0.39 is 0 Å². The van der Waals surface area contributed by atoms with Gasteiger partial charge in [0.15, 0.2) is 0 Å². The number of nitrogens with zero attached hydrogens (tertiary/aromatic N) is 2. The zero-order valence-electron chi connectivity index (χ0n) is 11.0. The summed E-state index contributed by atoms with van der Waals surface area (Å²) in [6.07, 6.45) is 3.94. The van der Waals surface area contributed by atoms with Gasteiger partial charge in [-0.15, -0.1) is 0 Å². The summed E-state index contributed by atoms with van der Waals surface area (Å²) in [7, 11) is 0. The number of pyridine rings is 2. The number of rotatable bonds is 3. The van der Waals surface area contributed by atoms with Gasteiger partial charge in [0.1, 0.15) is 0 Å². The molecule has 0 atom stereocenters. The minimum atomic E-state index is 0.428. The van der Waals surface area contributed by atoms with Gasteiger partial charge in [0.25, 0.3) is 0 Å². The monoisotopic (exact) mass is 372 g/mol. The zero-order valence-corrected chi connectivity index (χ0v) is 14.4. The van der Waals surface area contributed by atoms with Crippen LogP contribution in [0.5, 0.6) is 0 Å². The molecule has 2 aromatic heterocycles. The first-order valence-electron chi connectivity index (χ1n) is 5.77. The van der Waals surface area contributed by atoms with Crippen LogP contribution in [0, 0.1) is 27.7 Å². The van der Waals surface area contributed by atoms with E-state index >= 15 is 0 Å². The second kappa shape index (κ2) is 5.99. The van der Waals surface area contributed by atoms with E-state index in [-0.39, 0.29) is 0 Å². The summed E-state index contributed by atoms with van der Waals surface area (Å²) >= 11 is 0.857. The Hall–Kier alpha value is -0.661. The predicted molar refractivity (Wildman–Crippen MR) is 78.2 cm³/mol. The van der Waals surface area contributed by atoms with Crippen molar-refractivity contribution < 1.29 is 0 Å². The van der Waals surface area contributed by atoms with Crippen molar-refractivity contribution in [1.82, 2.24) is 9.97 Å². The number of hydrogen-bond acceptors (Lipinski definition) is 2. The van der Waals surface area contributed by atoms with Gasteiger partial charge in [-0.1, -0.05) is 0 Å². The van der Waals surface area contributed by atoms with Crippen LogP contribution in [0.4, 0.5) is 0 Å². The fourth-order valence-corrected chi connectivity index (χ4v) is 8.72. The van der Waals surface area contributed by atoms with E-state index in [0.29, 0.717) is 26.3 Å². The van der Waals surface area contributed by atoms with Gasteiger partial charge in [0.05, 0.1) is 0 Å². The van der Waals surface area contributed by atoms with Gasteiger partial charge in [-0.3, -0.25) is 0 Å².